The molecule has 17 heavy (non-hydrogen) atoms. The molecule has 2 nitrogen and oxygen atoms in total. The minimum Gasteiger partial charge on any atom is -0.370 e. The maximum atomic E-state index is 13.8. The van der Waals surface area contributed by atoms with Crippen molar-refractivity contribution in [1.82, 2.24) is 0 Å². The maximum Gasteiger partial charge on any atom is 0.200 e. The molecule has 94 valence electrons. The van der Waals surface area contributed by atoms with Crippen LogP contribution in [0, 0.1) is 18.6 Å². The fourth-order valence-electron chi connectivity index (χ4n) is 1.53. The van der Waals surface area contributed by atoms with Gasteiger partial charge in [-0.15, -0.1) is 0 Å². The molecule has 0 aromatic heterocycles. The Bertz CT molecular complexity index is 437. The standard InChI is InChI=1S/C13H16F2O2/c1-5-13(3,17-4)12(16)10-9(14)7-6-8(2)11(10)15/h6-7H,5H2,1-4H3. The van der Waals surface area contributed by atoms with Crippen molar-refractivity contribution >= 4 is 5.78 Å². The average molecular weight is 242 g/mol. The van der Waals surface area contributed by atoms with Crippen LogP contribution < -0.4 is 0 Å². The van der Waals surface area contributed by atoms with E-state index >= 15 is 0 Å². The van der Waals surface area contributed by atoms with Crippen molar-refractivity contribution in [3.05, 3.63) is 34.9 Å². The van der Waals surface area contributed by atoms with Gasteiger partial charge in [-0.3, -0.25) is 4.79 Å². The number of rotatable bonds is 4. The maximum absolute atomic E-state index is 13.8. The zero-order valence-corrected chi connectivity index (χ0v) is 10.4. The van der Waals surface area contributed by atoms with Crippen molar-refractivity contribution in [2.45, 2.75) is 32.8 Å². The minimum atomic E-state index is -1.20. The zero-order chi connectivity index (χ0) is 13.2. The molecule has 0 N–H and O–H groups in total. The van der Waals surface area contributed by atoms with Crippen molar-refractivity contribution < 1.29 is 18.3 Å². The molecule has 0 heterocycles. The van der Waals surface area contributed by atoms with E-state index < -0.39 is 28.6 Å². The normalized spacial score (nSPS) is 14.5. The van der Waals surface area contributed by atoms with Gasteiger partial charge in [0.1, 0.15) is 17.2 Å². The average Bonchev–Trinajstić information content (AvgIpc) is 2.33. The molecule has 1 aromatic rings. The Morgan fingerprint density at radius 2 is 2.00 bits per heavy atom. The van der Waals surface area contributed by atoms with Crippen LogP contribution >= 0.6 is 0 Å². The number of carbonyl (C=O) groups is 1. The van der Waals surface area contributed by atoms with Crippen LogP contribution in [0.5, 0.6) is 0 Å². The lowest BCUT2D eigenvalue weighted by molar-refractivity contribution is 0.00987. The summed E-state index contributed by atoms with van der Waals surface area (Å²) >= 11 is 0. The SMILES string of the molecule is CCC(C)(OC)C(=O)c1c(F)ccc(C)c1F. The first-order chi connectivity index (χ1) is 7.87. The first-order valence-electron chi connectivity index (χ1n) is 5.42. The molecule has 1 rings (SSSR count). The van der Waals surface area contributed by atoms with Gasteiger partial charge in [0.15, 0.2) is 5.78 Å². The highest BCUT2D eigenvalue weighted by Crippen LogP contribution is 2.25. The van der Waals surface area contributed by atoms with Crippen LogP contribution in [0.2, 0.25) is 0 Å². The van der Waals surface area contributed by atoms with Gasteiger partial charge in [0.05, 0.1) is 5.56 Å². The monoisotopic (exact) mass is 242 g/mol. The van der Waals surface area contributed by atoms with Gasteiger partial charge in [-0.1, -0.05) is 13.0 Å². The van der Waals surface area contributed by atoms with Crippen molar-refractivity contribution in [2.75, 3.05) is 7.11 Å². The van der Waals surface area contributed by atoms with E-state index in [1.54, 1.807) is 6.92 Å². The van der Waals surface area contributed by atoms with E-state index in [0.717, 1.165) is 6.07 Å². The largest absolute Gasteiger partial charge is 0.370 e. The Morgan fingerprint density at radius 1 is 1.41 bits per heavy atom. The number of benzene rings is 1. The highest BCUT2D eigenvalue weighted by molar-refractivity contribution is 6.02. The molecular weight excluding hydrogens is 226 g/mol. The van der Waals surface area contributed by atoms with Gasteiger partial charge < -0.3 is 4.74 Å². The van der Waals surface area contributed by atoms with Gasteiger partial charge in [0.25, 0.3) is 0 Å². The fraction of sp³-hybridized carbons (Fsp3) is 0.462. The summed E-state index contributed by atoms with van der Waals surface area (Å²) < 4.78 is 32.4. The number of halogens is 2. The van der Waals surface area contributed by atoms with Gasteiger partial charge in [0, 0.05) is 7.11 Å². The summed E-state index contributed by atoms with van der Waals surface area (Å²) in [6.07, 6.45) is 0.342. The summed E-state index contributed by atoms with van der Waals surface area (Å²) in [5.74, 6) is -2.33. The third-order valence-electron chi connectivity index (χ3n) is 3.12. The second kappa shape index (κ2) is 4.92. The smallest absolute Gasteiger partial charge is 0.200 e. The van der Waals surface area contributed by atoms with Crippen LogP contribution in [-0.4, -0.2) is 18.5 Å². The second-order valence-corrected chi connectivity index (χ2v) is 4.17. The van der Waals surface area contributed by atoms with Crippen LogP contribution in [0.1, 0.15) is 36.2 Å². The summed E-state index contributed by atoms with van der Waals surface area (Å²) in [6.45, 7) is 4.74. The van der Waals surface area contributed by atoms with E-state index in [9.17, 15) is 13.6 Å². The van der Waals surface area contributed by atoms with Crippen LogP contribution in [0.3, 0.4) is 0 Å². The summed E-state index contributed by atoms with van der Waals surface area (Å²) in [6, 6.07) is 2.40. The number of ketones is 1. The molecule has 0 spiro atoms. The van der Waals surface area contributed by atoms with Crippen molar-refractivity contribution in [3.8, 4) is 0 Å². The fourth-order valence-corrected chi connectivity index (χ4v) is 1.53. The minimum absolute atomic E-state index is 0.240. The Kier molecular flexibility index (Phi) is 3.98. The molecule has 1 atom stereocenters. The predicted molar refractivity (Wildman–Crippen MR) is 61.1 cm³/mol. The lowest BCUT2D eigenvalue weighted by atomic mass is 9.90. The molecule has 0 amide bonds. The molecule has 0 aliphatic heterocycles. The Hall–Kier alpha value is -1.29. The lowest BCUT2D eigenvalue weighted by Crippen LogP contribution is -2.38. The van der Waals surface area contributed by atoms with Gasteiger partial charge in [-0.2, -0.15) is 0 Å². The van der Waals surface area contributed by atoms with E-state index in [2.05, 4.69) is 0 Å². The zero-order valence-electron chi connectivity index (χ0n) is 10.4. The highest BCUT2D eigenvalue weighted by Gasteiger charge is 2.35. The van der Waals surface area contributed by atoms with Crippen LogP contribution in [0.4, 0.5) is 8.78 Å². The summed E-state index contributed by atoms with van der Waals surface area (Å²) in [7, 11) is 1.35. The van der Waals surface area contributed by atoms with Gasteiger partial charge in [-0.05, 0) is 31.9 Å². The first kappa shape index (κ1) is 13.8. The van der Waals surface area contributed by atoms with Crippen molar-refractivity contribution in [3.63, 3.8) is 0 Å². The Labute approximate surface area is 99.6 Å². The van der Waals surface area contributed by atoms with Gasteiger partial charge in [-0.25, -0.2) is 8.78 Å². The Morgan fingerprint density at radius 3 is 2.47 bits per heavy atom. The molecule has 0 saturated carbocycles. The quantitative estimate of drug-likeness (QED) is 0.757. The number of methoxy groups -OCH3 is 1. The number of aryl methyl sites for hydroxylation is 1. The predicted octanol–water partition coefficient (Wildman–Crippen LogP) is 3.27. The highest BCUT2D eigenvalue weighted by atomic mass is 19.1. The Balaban J connectivity index is 3.35. The van der Waals surface area contributed by atoms with E-state index in [1.165, 1.54) is 27.0 Å². The van der Waals surface area contributed by atoms with E-state index in [4.69, 9.17) is 4.74 Å². The lowest BCUT2D eigenvalue weighted by Gasteiger charge is -2.25. The molecule has 0 bridgehead atoms. The van der Waals surface area contributed by atoms with E-state index in [-0.39, 0.29) is 5.56 Å². The van der Waals surface area contributed by atoms with E-state index in [1.807, 2.05) is 0 Å². The molecular formula is C13H16F2O2. The topological polar surface area (TPSA) is 26.3 Å². The summed E-state index contributed by atoms with van der Waals surface area (Å²) in [4.78, 5) is 12.1. The summed E-state index contributed by atoms with van der Waals surface area (Å²) in [5.41, 5.74) is -1.48. The van der Waals surface area contributed by atoms with Crippen LogP contribution in [0.25, 0.3) is 0 Å². The summed E-state index contributed by atoms with van der Waals surface area (Å²) in [5, 5.41) is 0. The second-order valence-electron chi connectivity index (χ2n) is 4.17. The molecule has 0 aliphatic rings. The van der Waals surface area contributed by atoms with Crippen LogP contribution in [0.15, 0.2) is 12.1 Å². The molecule has 1 aromatic carbocycles. The van der Waals surface area contributed by atoms with E-state index in [0.29, 0.717) is 6.42 Å². The number of hydrogen-bond acceptors (Lipinski definition) is 2. The first-order valence-corrected chi connectivity index (χ1v) is 5.42. The molecule has 0 saturated heterocycles. The molecule has 4 heteroatoms. The third kappa shape index (κ3) is 2.36. The number of carbonyl (C=O) groups excluding carboxylic acids is 1. The molecule has 0 radical (unpaired) electrons. The van der Waals surface area contributed by atoms with Gasteiger partial charge >= 0.3 is 0 Å². The molecule has 1 unspecified atom stereocenters. The molecule has 0 fully saturated rings. The van der Waals surface area contributed by atoms with Crippen molar-refractivity contribution in [2.24, 2.45) is 0 Å². The third-order valence-corrected chi connectivity index (χ3v) is 3.12. The van der Waals surface area contributed by atoms with Crippen molar-refractivity contribution in [1.29, 1.82) is 0 Å². The number of Topliss-reactive ketones (excluding diaryl/α,β-unsaturated/α-hetero) is 1. The van der Waals surface area contributed by atoms with Crippen LogP contribution in [-0.2, 0) is 4.74 Å². The number of ether oxygens (including phenoxy) is 1. The molecule has 0 aliphatic carbocycles. The number of hydrogen-bond donors (Lipinski definition) is 0. The van der Waals surface area contributed by atoms with Gasteiger partial charge in [0.2, 0.25) is 0 Å².